The van der Waals surface area contributed by atoms with Crippen LogP contribution in [0.25, 0.3) is 0 Å². The Morgan fingerprint density at radius 1 is 1.18 bits per heavy atom. The summed E-state index contributed by atoms with van der Waals surface area (Å²) in [5, 5.41) is 0. The van der Waals surface area contributed by atoms with Crippen LogP contribution in [0, 0.1) is 13.0 Å². The summed E-state index contributed by atoms with van der Waals surface area (Å²) in [6.45, 7) is 14.3. The molecule has 0 spiro atoms. The maximum Gasteiger partial charge on any atom is 1.00 e. The molecule has 0 aromatic heterocycles. The molecule has 1 rings (SSSR count). The van der Waals surface area contributed by atoms with Gasteiger partial charge in [0.05, 0.1) is 0 Å². The molecule has 1 nitrogen and oxygen atoms in total. The zero-order valence-corrected chi connectivity index (χ0v) is 12.3. The third kappa shape index (κ3) is 5.30. The smallest absolute Gasteiger partial charge is 0.302 e. The van der Waals surface area contributed by atoms with Gasteiger partial charge in [0.2, 0.25) is 0 Å². The number of hydrogen-bond acceptors (Lipinski definition) is 1. The predicted octanol–water partition coefficient (Wildman–Crippen LogP) is 0.764. The molecule has 0 saturated carbocycles. The Morgan fingerprint density at radius 2 is 1.76 bits per heavy atom. The maximum atomic E-state index is 3.46. The minimum atomic E-state index is 0. The van der Waals surface area contributed by atoms with Crippen LogP contribution in [0.2, 0.25) is 0 Å². The van der Waals surface area contributed by atoms with Gasteiger partial charge in [0.25, 0.3) is 0 Å². The molecule has 0 heterocycles. The van der Waals surface area contributed by atoms with E-state index in [1.165, 1.54) is 16.7 Å². The largest absolute Gasteiger partial charge is 1.00 e. The molecular formula is C15H24LiN. The van der Waals surface area contributed by atoms with E-state index < -0.39 is 0 Å². The zero-order chi connectivity index (χ0) is 12.1. The van der Waals surface area contributed by atoms with Crippen LogP contribution in [0.4, 0.5) is 0 Å². The Kier molecular flexibility index (Phi) is 7.88. The summed E-state index contributed by atoms with van der Waals surface area (Å²) < 4.78 is 0. The monoisotopic (exact) mass is 225 g/mol. The minimum absolute atomic E-state index is 0. The van der Waals surface area contributed by atoms with Gasteiger partial charge in [-0.15, -0.1) is 5.56 Å². The first-order chi connectivity index (χ1) is 7.56. The summed E-state index contributed by atoms with van der Waals surface area (Å²) in [6, 6.07) is 8.01. The van der Waals surface area contributed by atoms with Crippen molar-refractivity contribution in [3.63, 3.8) is 0 Å². The molecule has 0 N–H and O–H groups in total. The Balaban J connectivity index is 0.00000256. The van der Waals surface area contributed by atoms with Crippen LogP contribution >= 0.6 is 0 Å². The van der Waals surface area contributed by atoms with Gasteiger partial charge >= 0.3 is 18.9 Å². The summed E-state index contributed by atoms with van der Waals surface area (Å²) in [7, 11) is 0. The van der Waals surface area contributed by atoms with Crippen molar-refractivity contribution < 1.29 is 18.9 Å². The quantitative estimate of drug-likeness (QED) is 0.528. The van der Waals surface area contributed by atoms with Crippen LogP contribution in [-0.2, 0) is 6.54 Å². The maximum absolute atomic E-state index is 3.46. The van der Waals surface area contributed by atoms with Gasteiger partial charge in [0.1, 0.15) is 0 Å². The third-order valence-corrected chi connectivity index (χ3v) is 3.04. The average molecular weight is 225 g/mol. The van der Waals surface area contributed by atoms with Gasteiger partial charge in [0.15, 0.2) is 0 Å². The van der Waals surface area contributed by atoms with E-state index in [2.05, 4.69) is 57.7 Å². The van der Waals surface area contributed by atoms with E-state index in [-0.39, 0.29) is 18.9 Å². The van der Waals surface area contributed by atoms with E-state index in [1.54, 1.807) is 0 Å². The van der Waals surface area contributed by atoms with Crippen molar-refractivity contribution in [2.75, 3.05) is 13.1 Å². The summed E-state index contributed by atoms with van der Waals surface area (Å²) in [4.78, 5) is 2.43. The fourth-order valence-corrected chi connectivity index (χ4v) is 1.92. The van der Waals surface area contributed by atoms with Crippen LogP contribution in [-0.4, -0.2) is 18.0 Å². The molecule has 1 aromatic carbocycles. The van der Waals surface area contributed by atoms with Crippen LogP contribution in [0.15, 0.2) is 12.1 Å². The molecule has 0 amide bonds. The molecule has 0 bridgehead atoms. The normalized spacial score (nSPS) is 10.8. The summed E-state index contributed by atoms with van der Waals surface area (Å²) >= 11 is 0. The third-order valence-electron chi connectivity index (χ3n) is 3.04. The first kappa shape index (κ1) is 16.8. The molecule has 0 aliphatic carbocycles. The first-order valence-corrected chi connectivity index (χ1v) is 6.31. The van der Waals surface area contributed by atoms with E-state index >= 15 is 0 Å². The Bertz CT molecular complexity index is 330. The SMILES string of the molecule is CCN(CC)Cc1[c-]c(C)cc(C(C)C)c1.[Li+]. The molecule has 1 aromatic rings. The molecule has 0 atom stereocenters. The van der Waals surface area contributed by atoms with Crippen molar-refractivity contribution in [1.82, 2.24) is 4.90 Å². The van der Waals surface area contributed by atoms with Crippen molar-refractivity contribution in [1.29, 1.82) is 0 Å². The van der Waals surface area contributed by atoms with Crippen LogP contribution in [0.3, 0.4) is 0 Å². The van der Waals surface area contributed by atoms with Gasteiger partial charge in [-0.3, -0.25) is 0 Å². The summed E-state index contributed by atoms with van der Waals surface area (Å²) in [5.74, 6) is 0.601. The van der Waals surface area contributed by atoms with E-state index in [4.69, 9.17) is 0 Å². The van der Waals surface area contributed by atoms with E-state index in [0.717, 1.165) is 19.6 Å². The van der Waals surface area contributed by atoms with Gasteiger partial charge in [-0.1, -0.05) is 34.6 Å². The first-order valence-electron chi connectivity index (χ1n) is 6.31. The number of hydrogen-bond donors (Lipinski definition) is 0. The van der Waals surface area contributed by atoms with Crippen molar-refractivity contribution in [2.24, 2.45) is 0 Å². The van der Waals surface area contributed by atoms with Crippen molar-refractivity contribution in [2.45, 2.75) is 47.1 Å². The fraction of sp³-hybridized carbons (Fsp3) is 0.600. The summed E-state index contributed by atoms with van der Waals surface area (Å²) in [5.41, 5.74) is 4.01. The van der Waals surface area contributed by atoms with Gasteiger partial charge in [0, 0.05) is 6.54 Å². The summed E-state index contributed by atoms with van der Waals surface area (Å²) in [6.07, 6.45) is 0. The van der Waals surface area contributed by atoms with E-state index in [0.29, 0.717) is 5.92 Å². The van der Waals surface area contributed by atoms with Crippen LogP contribution in [0.1, 0.15) is 50.3 Å². The molecule has 0 fully saturated rings. The average Bonchev–Trinajstić information content (AvgIpc) is 2.25. The van der Waals surface area contributed by atoms with Crippen LogP contribution in [0.5, 0.6) is 0 Å². The standard InChI is InChI=1S/C15H24N.Li/c1-6-16(7-2)11-14-8-13(5)9-15(10-14)12(3)4;/h9-10,12H,6-7,11H2,1-5H3;/q-1;+1. The van der Waals surface area contributed by atoms with Crippen LogP contribution < -0.4 is 18.9 Å². The molecule has 90 valence electrons. The Hall–Kier alpha value is -0.223. The molecule has 0 aliphatic heterocycles. The second kappa shape index (κ2) is 7.98. The minimum Gasteiger partial charge on any atom is -0.302 e. The van der Waals surface area contributed by atoms with E-state index in [1.807, 2.05) is 0 Å². The van der Waals surface area contributed by atoms with Crippen molar-refractivity contribution >= 4 is 0 Å². The molecular weight excluding hydrogens is 201 g/mol. The number of nitrogens with zero attached hydrogens (tertiary/aromatic N) is 1. The van der Waals surface area contributed by atoms with E-state index in [9.17, 15) is 0 Å². The topological polar surface area (TPSA) is 3.24 Å². The Morgan fingerprint density at radius 3 is 2.24 bits per heavy atom. The predicted molar refractivity (Wildman–Crippen MR) is 70.7 cm³/mol. The molecule has 2 heteroatoms. The van der Waals surface area contributed by atoms with Gasteiger partial charge in [-0.2, -0.15) is 29.3 Å². The molecule has 17 heavy (non-hydrogen) atoms. The molecule has 0 saturated heterocycles. The molecule has 0 unspecified atom stereocenters. The van der Waals surface area contributed by atoms with Gasteiger partial charge in [-0.05, 0) is 19.0 Å². The second-order valence-corrected chi connectivity index (χ2v) is 4.74. The van der Waals surface area contributed by atoms with Crippen molar-refractivity contribution in [3.05, 3.63) is 34.9 Å². The molecule has 0 radical (unpaired) electrons. The zero-order valence-electron chi connectivity index (χ0n) is 12.3. The Labute approximate surface area is 119 Å². The number of rotatable bonds is 5. The van der Waals surface area contributed by atoms with Gasteiger partial charge < -0.3 is 4.90 Å². The fourth-order valence-electron chi connectivity index (χ4n) is 1.92. The second-order valence-electron chi connectivity index (χ2n) is 4.74. The van der Waals surface area contributed by atoms with Gasteiger partial charge in [-0.25, -0.2) is 0 Å². The number of benzene rings is 1. The number of aryl methyl sites for hydroxylation is 1. The molecule has 0 aliphatic rings. The van der Waals surface area contributed by atoms with Crippen molar-refractivity contribution in [3.8, 4) is 0 Å².